The van der Waals surface area contributed by atoms with Crippen molar-refractivity contribution in [3.05, 3.63) is 28.2 Å². The summed E-state index contributed by atoms with van der Waals surface area (Å²) in [4.78, 5) is 0. The van der Waals surface area contributed by atoms with Crippen LogP contribution in [0.3, 0.4) is 0 Å². The fourth-order valence-electron chi connectivity index (χ4n) is 1.52. The molecule has 0 saturated heterocycles. The van der Waals surface area contributed by atoms with E-state index in [1.165, 1.54) is 18.4 Å². The highest BCUT2D eigenvalue weighted by molar-refractivity contribution is 9.10. The molecule has 16 heavy (non-hydrogen) atoms. The van der Waals surface area contributed by atoms with Crippen molar-refractivity contribution in [2.75, 3.05) is 6.61 Å². The van der Waals surface area contributed by atoms with Gasteiger partial charge in [-0.1, -0.05) is 15.9 Å². The van der Waals surface area contributed by atoms with Gasteiger partial charge in [-0.15, -0.1) is 12.4 Å². The van der Waals surface area contributed by atoms with Crippen molar-refractivity contribution >= 4 is 28.3 Å². The highest BCUT2D eigenvalue weighted by Crippen LogP contribution is 2.25. The first-order chi connectivity index (χ1) is 7.29. The van der Waals surface area contributed by atoms with E-state index in [1.54, 1.807) is 0 Å². The van der Waals surface area contributed by atoms with Crippen LogP contribution >= 0.6 is 28.3 Å². The lowest BCUT2D eigenvalue weighted by Gasteiger charge is -2.11. The molecule has 0 aromatic heterocycles. The average molecular weight is 307 g/mol. The van der Waals surface area contributed by atoms with E-state index >= 15 is 0 Å². The molecular formula is C12H17BrClNO. The van der Waals surface area contributed by atoms with Gasteiger partial charge < -0.3 is 10.1 Å². The second-order valence-corrected chi connectivity index (χ2v) is 4.76. The van der Waals surface area contributed by atoms with Crippen LogP contribution in [0.15, 0.2) is 22.7 Å². The summed E-state index contributed by atoms with van der Waals surface area (Å²) in [5.74, 6) is 0.994. The number of halogens is 2. The minimum absolute atomic E-state index is 0. The molecule has 1 N–H and O–H groups in total. The smallest absolute Gasteiger partial charge is 0.123 e. The fraction of sp³-hybridized carbons (Fsp3) is 0.500. The van der Waals surface area contributed by atoms with Crippen LogP contribution in [-0.2, 0) is 6.54 Å². The largest absolute Gasteiger partial charge is 0.494 e. The van der Waals surface area contributed by atoms with E-state index in [-0.39, 0.29) is 12.4 Å². The van der Waals surface area contributed by atoms with Crippen molar-refractivity contribution in [2.24, 2.45) is 0 Å². The molecule has 1 aromatic carbocycles. The van der Waals surface area contributed by atoms with E-state index < -0.39 is 0 Å². The molecule has 0 unspecified atom stereocenters. The second-order valence-electron chi connectivity index (χ2n) is 3.84. The highest BCUT2D eigenvalue weighted by atomic mass is 79.9. The predicted molar refractivity (Wildman–Crippen MR) is 72.4 cm³/mol. The normalized spacial score (nSPS) is 14.4. The standard InChI is InChI=1S/C12H16BrNO.ClH/c1-2-15-12-6-3-10(13)7-9(12)8-14-11-4-5-11;/h3,6-7,11,14H,2,4-5,8H2,1H3;1H. The molecule has 4 heteroatoms. The molecule has 2 rings (SSSR count). The van der Waals surface area contributed by atoms with Gasteiger partial charge in [-0.05, 0) is 38.0 Å². The van der Waals surface area contributed by atoms with Crippen LogP contribution in [0.2, 0.25) is 0 Å². The zero-order chi connectivity index (χ0) is 10.7. The van der Waals surface area contributed by atoms with Crippen LogP contribution in [0.5, 0.6) is 5.75 Å². The second kappa shape index (κ2) is 6.48. The first kappa shape index (κ1) is 13.8. The van der Waals surface area contributed by atoms with E-state index in [9.17, 15) is 0 Å². The molecule has 0 amide bonds. The van der Waals surface area contributed by atoms with Gasteiger partial charge in [0, 0.05) is 22.6 Å². The molecule has 1 aliphatic carbocycles. The van der Waals surface area contributed by atoms with Crippen LogP contribution in [0.4, 0.5) is 0 Å². The molecule has 90 valence electrons. The number of hydrogen-bond acceptors (Lipinski definition) is 2. The van der Waals surface area contributed by atoms with Crippen molar-refractivity contribution in [1.29, 1.82) is 0 Å². The van der Waals surface area contributed by atoms with Crippen molar-refractivity contribution in [1.82, 2.24) is 5.32 Å². The fourth-order valence-corrected chi connectivity index (χ4v) is 1.93. The minimum atomic E-state index is 0. The Morgan fingerprint density at radius 2 is 2.19 bits per heavy atom. The van der Waals surface area contributed by atoms with Crippen molar-refractivity contribution in [3.8, 4) is 5.75 Å². The van der Waals surface area contributed by atoms with E-state index in [0.29, 0.717) is 0 Å². The molecule has 1 saturated carbocycles. The molecule has 0 atom stereocenters. The molecule has 0 radical (unpaired) electrons. The Morgan fingerprint density at radius 3 is 2.81 bits per heavy atom. The van der Waals surface area contributed by atoms with Gasteiger partial charge in [0.2, 0.25) is 0 Å². The number of rotatable bonds is 5. The molecule has 0 aliphatic heterocycles. The Morgan fingerprint density at radius 1 is 1.44 bits per heavy atom. The van der Waals surface area contributed by atoms with Gasteiger partial charge in [-0.3, -0.25) is 0 Å². The quantitative estimate of drug-likeness (QED) is 0.898. The summed E-state index contributed by atoms with van der Waals surface area (Å²) in [6.07, 6.45) is 2.63. The monoisotopic (exact) mass is 305 g/mol. The van der Waals surface area contributed by atoms with E-state index in [2.05, 4.69) is 27.3 Å². The first-order valence-corrected chi connectivity index (χ1v) is 6.23. The summed E-state index contributed by atoms with van der Waals surface area (Å²) < 4.78 is 6.69. The lowest BCUT2D eigenvalue weighted by Crippen LogP contribution is -2.16. The summed E-state index contributed by atoms with van der Waals surface area (Å²) in [6.45, 7) is 3.64. The molecular weight excluding hydrogens is 289 g/mol. The number of nitrogens with one attached hydrogen (secondary N) is 1. The maximum atomic E-state index is 5.58. The van der Waals surface area contributed by atoms with Crippen LogP contribution in [-0.4, -0.2) is 12.6 Å². The van der Waals surface area contributed by atoms with Gasteiger partial charge >= 0.3 is 0 Å². The Hall–Kier alpha value is -0.250. The lowest BCUT2D eigenvalue weighted by molar-refractivity contribution is 0.335. The maximum absolute atomic E-state index is 5.58. The zero-order valence-electron chi connectivity index (χ0n) is 9.33. The third-order valence-corrected chi connectivity index (χ3v) is 2.97. The van der Waals surface area contributed by atoms with Gasteiger partial charge in [0.25, 0.3) is 0 Å². The molecule has 0 heterocycles. The first-order valence-electron chi connectivity index (χ1n) is 5.44. The number of hydrogen-bond donors (Lipinski definition) is 1. The van der Waals surface area contributed by atoms with Crippen molar-refractivity contribution < 1.29 is 4.74 Å². The maximum Gasteiger partial charge on any atom is 0.123 e. The Labute approximate surface area is 111 Å². The third-order valence-electron chi connectivity index (χ3n) is 2.48. The van der Waals surface area contributed by atoms with Crippen LogP contribution in [0, 0.1) is 0 Å². The van der Waals surface area contributed by atoms with Gasteiger partial charge in [0.1, 0.15) is 5.75 Å². The minimum Gasteiger partial charge on any atom is -0.494 e. The number of ether oxygens (including phenoxy) is 1. The van der Waals surface area contributed by atoms with E-state index in [4.69, 9.17) is 4.74 Å². The lowest BCUT2D eigenvalue weighted by atomic mass is 10.2. The van der Waals surface area contributed by atoms with Crippen molar-refractivity contribution in [3.63, 3.8) is 0 Å². The molecule has 2 nitrogen and oxygen atoms in total. The molecule has 1 fully saturated rings. The Kier molecular flexibility index (Phi) is 5.59. The van der Waals surface area contributed by atoms with Crippen LogP contribution in [0.1, 0.15) is 25.3 Å². The van der Waals surface area contributed by atoms with Crippen LogP contribution < -0.4 is 10.1 Å². The Bertz CT molecular complexity index is 342. The van der Waals surface area contributed by atoms with E-state index in [0.717, 1.165) is 29.4 Å². The topological polar surface area (TPSA) is 21.3 Å². The van der Waals surface area contributed by atoms with Gasteiger partial charge in [-0.2, -0.15) is 0 Å². The van der Waals surface area contributed by atoms with E-state index in [1.807, 2.05) is 19.1 Å². The summed E-state index contributed by atoms with van der Waals surface area (Å²) in [5, 5.41) is 3.50. The van der Waals surface area contributed by atoms with Crippen LogP contribution in [0.25, 0.3) is 0 Å². The molecule has 0 bridgehead atoms. The molecule has 1 aliphatic rings. The number of benzene rings is 1. The molecule has 0 spiro atoms. The highest BCUT2D eigenvalue weighted by Gasteiger charge is 2.20. The average Bonchev–Trinajstić information content (AvgIpc) is 3.02. The summed E-state index contributed by atoms with van der Waals surface area (Å²) >= 11 is 3.49. The SMILES string of the molecule is CCOc1ccc(Br)cc1CNC1CC1.Cl. The zero-order valence-corrected chi connectivity index (χ0v) is 11.7. The Balaban J connectivity index is 0.00000128. The van der Waals surface area contributed by atoms with Gasteiger partial charge in [0.15, 0.2) is 0 Å². The molecule has 1 aromatic rings. The third kappa shape index (κ3) is 3.96. The van der Waals surface area contributed by atoms with Crippen molar-refractivity contribution in [2.45, 2.75) is 32.4 Å². The van der Waals surface area contributed by atoms with Gasteiger partial charge in [-0.25, -0.2) is 0 Å². The summed E-state index contributed by atoms with van der Waals surface area (Å²) in [6, 6.07) is 6.90. The predicted octanol–water partition coefficient (Wildman–Crippen LogP) is 3.52. The summed E-state index contributed by atoms with van der Waals surface area (Å²) in [5.41, 5.74) is 1.23. The summed E-state index contributed by atoms with van der Waals surface area (Å²) in [7, 11) is 0. The van der Waals surface area contributed by atoms with Gasteiger partial charge in [0.05, 0.1) is 6.61 Å².